The van der Waals surface area contributed by atoms with Gasteiger partial charge in [-0.25, -0.2) is 0 Å². The minimum Gasteiger partial charge on any atom is -0.0848 e. The first kappa shape index (κ1) is 17.7. The van der Waals surface area contributed by atoms with Crippen molar-refractivity contribution in [2.24, 2.45) is 11.8 Å². The summed E-state index contributed by atoms with van der Waals surface area (Å²) in [5.74, 6) is 1.40. The molecule has 0 aliphatic heterocycles. The Kier molecular flexibility index (Phi) is 6.28. The molecule has 0 fully saturated rings. The zero-order chi connectivity index (χ0) is 17.5. The fraction of sp³-hybridized carbons (Fsp3) is 0.360. The molecule has 0 spiro atoms. The maximum absolute atomic E-state index is 2.41. The van der Waals surface area contributed by atoms with E-state index in [0.717, 1.165) is 5.92 Å². The predicted octanol–water partition coefficient (Wildman–Crippen LogP) is 7.31. The minimum absolute atomic E-state index is 0.605. The van der Waals surface area contributed by atoms with E-state index >= 15 is 0 Å². The normalized spacial score (nSPS) is 20.2. The van der Waals surface area contributed by atoms with Gasteiger partial charge < -0.3 is 0 Å². The average molecular weight is 331 g/mol. The molecule has 0 saturated heterocycles. The molecule has 2 aromatic rings. The zero-order valence-corrected chi connectivity index (χ0v) is 15.6. The van der Waals surface area contributed by atoms with Crippen LogP contribution in [0, 0.1) is 11.8 Å². The lowest BCUT2D eigenvalue weighted by molar-refractivity contribution is 0.488. The topological polar surface area (TPSA) is 0 Å². The van der Waals surface area contributed by atoms with Crippen molar-refractivity contribution in [1.82, 2.24) is 0 Å². The van der Waals surface area contributed by atoms with Crippen molar-refractivity contribution >= 4 is 6.08 Å². The van der Waals surface area contributed by atoms with Gasteiger partial charge in [0, 0.05) is 0 Å². The van der Waals surface area contributed by atoms with Crippen molar-refractivity contribution in [2.75, 3.05) is 0 Å². The Hall–Kier alpha value is -2.08. The first-order chi connectivity index (χ1) is 12.3. The maximum Gasteiger partial charge on any atom is -0.00499 e. The molecule has 0 radical (unpaired) electrons. The van der Waals surface area contributed by atoms with Gasteiger partial charge in [0.2, 0.25) is 0 Å². The van der Waals surface area contributed by atoms with Crippen LogP contribution in [0.1, 0.15) is 50.7 Å². The summed E-state index contributed by atoms with van der Waals surface area (Å²) >= 11 is 0. The van der Waals surface area contributed by atoms with E-state index in [2.05, 4.69) is 86.7 Å². The quantitative estimate of drug-likeness (QED) is 0.487. The molecule has 2 aromatic carbocycles. The molecule has 0 nitrogen and oxygen atoms in total. The van der Waals surface area contributed by atoms with Gasteiger partial charge in [-0.05, 0) is 59.8 Å². The first-order valence-electron chi connectivity index (χ1n) is 9.84. The van der Waals surface area contributed by atoms with Gasteiger partial charge in [-0.1, -0.05) is 93.1 Å². The largest absolute Gasteiger partial charge is 0.0848 e. The molecule has 1 aliphatic carbocycles. The smallest absolute Gasteiger partial charge is 0.00499 e. The maximum atomic E-state index is 2.41. The Bertz CT molecular complexity index is 701. The van der Waals surface area contributed by atoms with Crippen LogP contribution in [0.3, 0.4) is 0 Å². The second kappa shape index (κ2) is 8.85. The number of benzene rings is 2. The Labute approximate surface area is 153 Å². The minimum atomic E-state index is 0.605. The fourth-order valence-corrected chi connectivity index (χ4v) is 3.57. The Morgan fingerprint density at radius 2 is 1.52 bits per heavy atom. The van der Waals surface area contributed by atoms with Crippen molar-refractivity contribution < 1.29 is 0 Å². The van der Waals surface area contributed by atoms with Gasteiger partial charge in [-0.3, -0.25) is 0 Å². The molecule has 0 amide bonds. The van der Waals surface area contributed by atoms with E-state index in [1.165, 1.54) is 54.4 Å². The van der Waals surface area contributed by atoms with Crippen LogP contribution in [0.2, 0.25) is 0 Å². The summed E-state index contributed by atoms with van der Waals surface area (Å²) < 4.78 is 0. The van der Waals surface area contributed by atoms with Crippen LogP contribution in [0.4, 0.5) is 0 Å². The molecule has 0 heteroatoms. The van der Waals surface area contributed by atoms with Gasteiger partial charge in [-0.15, -0.1) is 0 Å². The number of aryl methyl sites for hydroxylation is 1. The molecule has 3 rings (SSSR count). The predicted molar refractivity (Wildman–Crippen MR) is 111 cm³/mol. The first-order valence-corrected chi connectivity index (χ1v) is 9.84. The van der Waals surface area contributed by atoms with Crippen molar-refractivity contribution in [1.29, 1.82) is 0 Å². The van der Waals surface area contributed by atoms with Gasteiger partial charge in [0.05, 0.1) is 0 Å². The van der Waals surface area contributed by atoms with Crippen LogP contribution < -0.4 is 0 Å². The van der Waals surface area contributed by atoms with Gasteiger partial charge in [0.25, 0.3) is 0 Å². The lowest BCUT2D eigenvalue weighted by Gasteiger charge is -2.19. The fourth-order valence-electron chi connectivity index (χ4n) is 3.57. The molecule has 130 valence electrons. The van der Waals surface area contributed by atoms with E-state index < -0.39 is 0 Å². The molecule has 0 N–H and O–H groups in total. The van der Waals surface area contributed by atoms with Crippen LogP contribution in [0.25, 0.3) is 17.2 Å². The summed E-state index contributed by atoms with van der Waals surface area (Å²) in [7, 11) is 0. The standard InChI is InChI=1S/C25H30/c1-3-5-21-12-16-24(17-13-21)25-18-14-23(15-19-25)11-10-22-8-6-20(4-2)7-9-22/h6,8,10-20,22H,3-5,7,9H2,1-2H3. The summed E-state index contributed by atoms with van der Waals surface area (Å²) in [6.45, 7) is 4.51. The van der Waals surface area contributed by atoms with Crippen LogP contribution >= 0.6 is 0 Å². The molecule has 0 bridgehead atoms. The molecule has 2 unspecified atom stereocenters. The van der Waals surface area contributed by atoms with Crippen molar-refractivity contribution in [2.45, 2.75) is 46.0 Å². The van der Waals surface area contributed by atoms with Gasteiger partial charge in [0.1, 0.15) is 0 Å². The van der Waals surface area contributed by atoms with Gasteiger partial charge in [0.15, 0.2) is 0 Å². The van der Waals surface area contributed by atoms with Crippen molar-refractivity contribution in [3.05, 3.63) is 77.9 Å². The summed E-state index contributed by atoms with van der Waals surface area (Å²) in [6, 6.07) is 17.9. The summed E-state index contributed by atoms with van der Waals surface area (Å²) in [5.41, 5.74) is 5.31. The highest BCUT2D eigenvalue weighted by molar-refractivity contribution is 5.66. The van der Waals surface area contributed by atoms with E-state index in [1.807, 2.05) is 0 Å². The van der Waals surface area contributed by atoms with Crippen LogP contribution in [-0.2, 0) is 6.42 Å². The second-order valence-corrected chi connectivity index (χ2v) is 7.22. The Morgan fingerprint density at radius 3 is 2.08 bits per heavy atom. The van der Waals surface area contributed by atoms with Gasteiger partial charge in [-0.2, -0.15) is 0 Å². The highest BCUT2D eigenvalue weighted by atomic mass is 14.2. The Morgan fingerprint density at radius 1 is 0.840 bits per heavy atom. The second-order valence-electron chi connectivity index (χ2n) is 7.22. The monoisotopic (exact) mass is 330 g/mol. The molecule has 0 saturated carbocycles. The lowest BCUT2D eigenvalue weighted by atomic mass is 9.87. The zero-order valence-electron chi connectivity index (χ0n) is 15.6. The number of hydrogen-bond acceptors (Lipinski definition) is 0. The third-order valence-corrected chi connectivity index (χ3v) is 5.30. The van der Waals surface area contributed by atoms with Crippen LogP contribution in [0.15, 0.2) is 66.8 Å². The molecule has 25 heavy (non-hydrogen) atoms. The SMILES string of the molecule is CCCc1ccc(-c2ccc(C=CC3C=CC(CC)CC3)cc2)cc1. The highest BCUT2D eigenvalue weighted by Gasteiger charge is 2.11. The van der Waals surface area contributed by atoms with E-state index in [1.54, 1.807) is 0 Å². The van der Waals surface area contributed by atoms with E-state index in [-0.39, 0.29) is 0 Å². The number of hydrogen-bond donors (Lipinski definition) is 0. The van der Waals surface area contributed by atoms with Gasteiger partial charge >= 0.3 is 0 Å². The van der Waals surface area contributed by atoms with Crippen molar-refractivity contribution in [3.8, 4) is 11.1 Å². The molecule has 0 heterocycles. The highest BCUT2D eigenvalue weighted by Crippen LogP contribution is 2.26. The van der Waals surface area contributed by atoms with E-state index in [4.69, 9.17) is 0 Å². The van der Waals surface area contributed by atoms with E-state index in [0.29, 0.717) is 5.92 Å². The van der Waals surface area contributed by atoms with E-state index in [9.17, 15) is 0 Å². The third kappa shape index (κ3) is 4.95. The number of allylic oxidation sites excluding steroid dienone is 3. The Balaban J connectivity index is 1.63. The molecule has 2 atom stereocenters. The molecular formula is C25H30. The van der Waals surface area contributed by atoms with Crippen molar-refractivity contribution in [3.63, 3.8) is 0 Å². The lowest BCUT2D eigenvalue weighted by Crippen LogP contribution is -2.05. The summed E-state index contributed by atoms with van der Waals surface area (Å²) in [5, 5.41) is 0. The molecule has 1 aliphatic rings. The summed E-state index contributed by atoms with van der Waals surface area (Å²) in [6.07, 6.45) is 15.7. The third-order valence-electron chi connectivity index (χ3n) is 5.30. The average Bonchev–Trinajstić information content (AvgIpc) is 2.68. The number of rotatable bonds is 6. The molecular weight excluding hydrogens is 300 g/mol. The molecule has 0 aromatic heterocycles. The summed E-state index contributed by atoms with van der Waals surface area (Å²) in [4.78, 5) is 0. The van der Waals surface area contributed by atoms with Crippen LogP contribution in [-0.4, -0.2) is 0 Å². The van der Waals surface area contributed by atoms with Crippen LogP contribution in [0.5, 0.6) is 0 Å².